The Balaban J connectivity index is 1.39. The molecular formula is C25H25N3O3. The molecular weight excluding hydrogens is 390 g/mol. The SMILES string of the molecule is Cc1ccccc1OCc1ccc(C(=O)NCc2c(C)nn(-c3ccccc3)c2C)o1. The Morgan fingerprint density at radius 1 is 1.00 bits per heavy atom. The van der Waals surface area contributed by atoms with Crippen LogP contribution in [0.1, 0.15) is 38.8 Å². The molecule has 1 amide bonds. The third-order valence-electron chi connectivity index (χ3n) is 5.22. The number of benzene rings is 2. The third kappa shape index (κ3) is 4.53. The van der Waals surface area contributed by atoms with Crippen molar-refractivity contribution in [2.75, 3.05) is 0 Å². The molecule has 0 bridgehead atoms. The number of para-hydroxylation sites is 2. The van der Waals surface area contributed by atoms with Crippen molar-refractivity contribution in [2.24, 2.45) is 0 Å². The van der Waals surface area contributed by atoms with Gasteiger partial charge in [-0.25, -0.2) is 4.68 Å². The topological polar surface area (TPSA) is 69.3 Å². The highest BCUT2D eigenvalue weighted by atomic mass is 16.5. The first-order chi connectivity index (χ1) is 15.0. The molecule has 0 unspecified atom stereocenters. The lowest BCUT2D eigenvalue weighted by Gasteiger charge is -2.07. The van der Waals surface area contributed by atoms with Gasteiger partial charge < -0.3 is 14.5 Å². The van der Waals surface area contributed by atoms with Crippen LogP contribution in [-0.2, 0) is 13.2 Å². The highest BCUT2D eigenvalue weighted by Gasteiger charge is 2.16. The lowest BCUT2D eigenvalue weighted by Crippen LogP contribution is -2.23. The smallest absolute Gasteiger partial charge is 0.287 e. The van der Waals surface area contributed by atoms with Crippen molar-refractivity contribution in [3.63, 3.8) is 0 Å². The average molecular weight is 415 g/mol. The highest BCUT2D eigenvalue weighted by Crippen LogP contribution is 2.20. The maximum Gasteiger partial charge on any atom is 0.287 e. The standard InChI is InChI=1S/C25H25N3O3/c1-17-9-7-8-12-23(17)30-16-21-13-14-24(31-21)25(29)26-15-22-18(2)27-28(19(22)3)20-10-5-4-6-11-20/h4-14H,15-16H2,1-3H3,(H,26,29). The monoisotopic (exact) mass is 415 g/mol. The van der Waals surface area contributed by atoms with Gasteiger partial charge in [-0.15, -0.1) is 0 Å². The van der Waals surface area contributed by atoms with E-state index in [-0.39, 0.29) is 18.3 Å². The van der Waals surface area contributed by atoms with Gasteiger partial charge in [0, 0.05) is 17.8 Å². The quantitative estimate of drug-likeness (QED) is 0.466. The summed E-state index contributed by atoms with van der Waals surface area (Å²) in [5.74, 6) is 1.38. The number of aromatic nitrogens is 2. The maximum absolute atomic E-state index is 12.6. The number of furan rings is 1. The Labute approximate surface area is 181 Å². The van der Waals surface area contributed by atoms with E-state index in [2.05, 4.69) is 10.4 Å². The fraction of sp³-hybridized carbons (Fsp3) is 0.200. The van der Waals surface area contributed by atoms with Crippen molar-refractivity contribution >= 4 is 5.91 Å². The predicted molar refractivity (Wildman–Crippen MR) is 118 cm³/mol. The van der Waals surface area contributed by atoms with Gasteiger partial charge in [-0.3, -0.25) is 4.79 Å². The molecule has 4 rings (SSSR count). The first-order valence-electron chi connectivity index (χ1n) is 10.2. The fourth-order valence-electron chi connectivity index (χ4n) is 3.45. The van der Waals surface area contributed by atoms with Gasteiger partial charge in [-0.1, -0.05) is 36.4 Å². The van der Waals surface area contributed by atoms with E-state index in [0.29, 0.717) is 12.3 Å². The van der Waals surface area contributed by atoms with Crippen LogP contribution in [0.5, 0.6) is 5.75 Å². The second-order valence-corrected chi connectivity index (χ2v) is 7.40. The number of carbonyl (C=O) groups is 1. The summed E-state index contributed by atoms with van der Waals surface area (Å²) in [5.41, 5.74) is 4.91. The van der Waals surface area contributed by atoms with Gasteiger partial charge in [0.05, 0.1) is 11.4 Å². The number of hydrogen-bond donors (Lipinski definition) is 1. The molecule has 158 valence electrons. The summed E-state index contributed by atoms with van der Waals surface area (Å²) in [4.78, 5) is 12.6. The summed E-state index contributed by atoms with van der Waals surface area (Å²) >= 11 is 0. The summed E-state index contributed by atoms with van der Waals surface area (Å²) in [6.45, 7) is 6.57. The molecule has 4 aromatic rings. The van der Waals surface area contributed by atoms with Gasteiger partial charge >= 0.3 is 0 Å². The van der Waals surface area contributed by atoms with Crippen LogP contribution >= 0.6 is 0 Å². The van der Waals surface area contributed by atoms with Crippen molar-refractivity contribution < 1.29 is 13.9 Å². The highest BCUT2D eigenvalue weighted by molar-refractivity contribution is 5.91. The molecule has 0 atom stereocenters. The number of hydrogen-bond acceptors (Lipinski definition) is 4. The zero-order valence-corrected chi connectivity index (χ0v) is 17.9. The number of carbonyl (C=O) groups excluding carboxylic acids is 1. The van der Waals surface area contributed by atoms with Crippen LogP contribution in [0.3, 0.4) is 0 Å². The summed E-state index contributed by atoms with van der Waals surface area (Å²) in [5, 5.41) is 7.55. The average Bonchev–Trinajstić information content (AvgIpc) is 3.37. The number of amides is 1. The van der Waals surface area contributed by atoms with E-state index >= 15 is 0 Å². The number of nitrogens with one attached hydrogen (secondary N) is 1. The molecule has 6 nitrogen and oxygen atoms in total. The summed E-state index contributed by atoms with van der Waals surface area (Å²) in [7, 11) is 0. The largest absolute Gasteiger partial charge is 0.485 e. The molecule has 0 saturated carbocycles. The van der Waals surface area contributed by atoms with Crippen molar-refractivity contribution in [1.82, 2.24) is 15.1 Å². The van der Waals surface area contributed by atoms with Gasteiger partial charge in [0.15, 0.2) is 5.76 Å². The molecule has 31 heavy (non-hydrogen) atoms. The molecule has 0 aliphatic heterocycles. The Hall–Kier alpha value is -3.80. The molecule has 1 N–H and O–H groups in total. The summed E-state index contributed by atoms with van der Waals surface area (Å²) < 4.78 is 13.4. The molecule has 2 heterocycles. The van der Waals surface area contributed by atoms with Crippen LogP contribution < -0.4 is 10.1 Å². The summed E-state index contributed by atoms with van der Waals surface area (Å²) in [6, 6.07) is 21.1. The number of ether oxygens (including phenoxy) is 1. The fourth-order valence-corrected chi connectivity index (χ4v) is 3.45. The molecule has 0 radical (unpaired) electrons. The van der Waals surface area contributed by atoms with Crippen LogP contribution in [0.2, 0.25) is 0 Å². The third-order valence-corrected chi connectivity index (χ3v) is 5.22. The predicted octanol–water partition coefficient (Wildman–Crippen LogP) is 4.90. The van der Waals surface area contributed by atoms with Gasteiger partial charge in [-0.2, -0.15) is 5.10 Å². The van der Waals surface area contributed by atoms with Crippen molar-refractivity contribution in [3.05, 3.63) is 101 Å². The van der Waals surface area contributed by atoms with Gasteiger partial charge in [0.2, 0.25) is 0 Å². The second-order valence-electron chi connectivity index (χ2n) is 7.40. The molecule has 0 fully saturated rings. The zero-order valence-electron chi connectivity index (χ0n) is 17.9. The van der Waals surface area contributed by atoms with E-state index in [1.807, 2.05) is 80.1 Å². The lowest BCUT2D eigenvalue weighted by molar-refractivity contribution is 0.0919. The van der Waals surface area contributed by atoms with E-state index in [4.69, 9.17) is 9.15 Å². The molecule has 0 spiro atoms. The number of aryl methyl sites for hydroxylation is 2. The number of nitrogens with zero attached hydrogens (tertiary/aromatic N) is 2. The normalized spacial score (nSPS) is 10.8. The van der Waals surface area contributed by atoms with E-state index in [1.54, 1.807) is 12.1 Å². The van der Waals surface area contributed by atoms with Crippen molar-refractivity contribution in [1.29, 1.82) is 0 Å². The van der Waals surface area contributed by atoms with Crippen LogP contribution in [-0.4, -0.2) is 15.7 Å². The van der Waals surface area contributed by atoms with Gasteiger partial charge in [0.1, 0.15) is 18.1 Å². The molecule has 6 heteroatoms. The van der Waals surface area contributed by atoms with Gasteiger partial charge in [0.25, 0.3) is 5.91 Å². The van der Waals surface area contributed by atoms with Crippen molar-refractivity contribution in [3.8, 4) is 11.4 Å². The Bertz CT molecular complexity index is 1190. The zero-order chi connectivity index (χ0) is 21.8. The summed E-state index contributed by atoms with van der Waals surface area (Å²) in [6.07, 6.45) is 0. The van der Waals surface area contributed by atoms with E-state index in [0.717, 1.165) is 34.0 Å². The van der Waals surface area contributed by atoms with Crippen LogP contribution in [0.4, 0.5) is 0 Å². The van der Waals surface area contributed by atoms with E-state index in [1.165, 1.54) is 0 Å². The Kier molecular flexibility index (Phi) is 5.89. The molecule has 0 aliphatic rings. The minimum atomic E-state index is -0.270. The van der Waals surface area contributed by atoms with E-state index in [9.17, 15) is 4.79 Å². The molecule has 2 aromatic heterocycles. The Morgan fingerprint density at radius 3 is 2.52 bits per heavy atom. The first kappa shape index (κ1) is 20.5. The van der Waals surface area contributed by atoms with Crippen LogP contribution in [0, 0.1) is 20.8 Å². The van der Waals surface area contributed by atoms with Crippen LogP contribution in [0.25, 0.3) is 5.69 Å². The van der Waals surface area contributed by atoms with Crippen LogP contribution in [0.15, 0.2) is 71.1 Å². The van der Waals surface area contributed by atoms with Crippen molar-refractivity contribution in [2.45, 2.75) is 33.9 Å². The number of rotatable bonds is 7. The minimum Gasteiger partial charge on any atom is -0.485 e. The molecule has 0 saturated heterocycles. The molecule has 2 aromatic carbocycles. The second kappa shape index (κ2) is 8.92. The maximum atomic E-state index is 12.6. The van der Waals surface area contributed by atoms with Gasteiger partial charge in [-0.05, 0) is 56.7 Å². The Morgan fingerprint density at radius 2 is 1.74 bits per heavy atom. The molecule has 0 aliphatic carbocycles. The van der Waals surface area contributed by atoms with E-state index < -0.39 is 0 Å². The minimum absolute atomic E-state index is 0.258. The lowest BCUT2D eigenvalue weighted by atomic mass is 10.2. The first-order valence-corrected chi connectivity index (χ1v) is 10.2.